The minimum absolute atomic E-state index is 0.00117. The second kappa shape index (κ2) is 6.31. The summed E-state index contributed by atoms with van der Waals surface area (Å²) in [5, 5.41) is 2.91. The Labute approximate surface area is 133 Å². The second-order valence-electron chi connectivity index (χ2n) is 4.81. The quantitative estimate of drug-likeness (QED) is 0.770. The first-order chi connectivity index (χ1) is 11.2. The highest BCUT2D eigenvalue weighted by Gasteiger charge is 2.15. The van der Waals surface area contributed by atoms with E-state index in [9.17, 15) is 4.39 Å². The van der Waals surface area contributed by atoms with Gasteiger partial charge in [0.25, 0.3) is 0 Å². The van der Waals surface area contributed by atoms with Crippen molar-refractivity contribution in [2.75, 3.05) is 18.2 Å². The molecule has 0 amide bonds. The van der Waals surface area contributed by atoms with E-state index in [1.54, 1.807) is 43.5 Å². The van der Waals surface area contributed by atoms with E-state index in [1.165, 1.54) is 0 Å². The number of hydrogen-bond donors (Lipinski definition) is 2. The number of rotatable bonds is 4. The molecule has 1 aromatic heterocycles. The molecule has 0 fully saturated rings. The van der Waals surface area contributed by atoms with Crippen LogP contribution in [0.15, 0.2) is 54.6 Å². The first-order valence-electron chi connectivity index (χ1n) is 6.97. The molecule has 6 heteroatoms. The normalized spacial score (nSPS) is 10.3. The van der Waals surface area contributed by atoms with E-state index in [1.807, 2.05) is 18.2 Å². The van der Waals surface area contributed by atoms with Gasteiger partial charge in [0.15, 0.2) is 11.6 Å². The Bertz CT molecular complexity index is 807. The van der Waals surface area contributed by atoms with Crippen molar-refractivity contribution >= 4 is 17.5 Å². The maximum Gasteiger partial charge on any atom is 0.222 e. The SMILES string of the molecule is COc1ccc(Nc2nc(N)nc(-c3ccccc3)c2F)cc1. The molecule has 3 N–H and O–H groups in total. The van der Waals surface area contributed by atoms with Crippen molar-refractivity contribution in [3.8, 4) is 17.0 Å². The van der Waals surface area contributed by atoms with Crippen molar-refractivity contribution in [3.63, 3.8) is 0 Å². The minimum atomic E-state index is -0.554. The van der Waals surface area contributed by atoms with Gasteiger partial charge in [-0.1, -0.05) is 30.3 Å². The van der Waals surface area contributed by atoms with Crippen molar-refractivity contribution in [2.24, 2.45) is 0 Å². The highest BCUT2D eigenvalue weighted by Crippen LogP contribution is 2.28. The van der Waals surface area contributed by atoms with Crippen molar-refractivity contribution < 1.29 is 9.13 Å². The van der Waals surface area contributed by atoms with Crippen LogP contribution in [0.25, 0.3) is 11.3 Å². The molecule has 3 aromatic rings. The van der Waals surface area contributed by atoms with E-state index in [0.717, 1.165) is 0 Å². The van der Waals surface area contributed by atoms with Gasteiger partial charge in [-0.2, -0.15) is 4.98 Å². The lowest BCUT2D eigenvalue weighted by Gasteiger charge is -2.11. The number of benzene rings is 2. The molecule has 23 heavy (non-hydrogen) atoms. The summed E-state index contributed by atoms with van der Waals surface area (Å²) in [7, 11) is 1.58. The summed E-state index contributed by atoms with van der Waals surface area (Å²) in [6.07, 6.45) is 0. The molecule has 1 heterocycles. The minimum Gasteiger partial charge on any atom is -0.497 e. The fraction of sp³-hybridized carbons (Fsp3) is 0.0588. The zero-order valence-electron chi connectivity index (χ0n) is 12.5. The molecule has 116 valence electrons. The van der Waals surface area contributed by atoms with Gasteiger partial charge in [0.05, 0.1) is 7.11 Å². The van der Waals surface area contributed by atoms with Crippen molar-refractivity contribution in [1.82, 2.24) is 9.97 Å². The molecule has 3 rings (SSSR count). The van der Waals surface area contributed by atoms with Crippen LogP contribution in [-0.2, 0) is 0 Å². The van der Waals surface area contributed by atoms with Crippen molar-refractivity contribution in [1.29, 1.82) is 0 Å². The Morgan fingerprint density at radius 2 is 1.70 bits per heavy atom. The van der Waals surface area contributed by atoms with Crippen LogP contribution in [-0.4, -0.2) is 17.1 Å². The van der Waals surface area contributed by atoms with Gasteiger partial charge in [0.2, 0.25) is 5.95 Å². The molecule has 0 aliphatic carbocycles. The molecule has 0 bridgehead atoms. The molecule has 2 aromatic carbocycles. The van der Waals surface area contributed by atoms with Crippen LogP contribution in [0.4, 0.5) is 21.8 Å². The molecule has 0 unspecified atom stereocenters. The van der Waals surface area contributed by atoms with E-state index in [-0.39, 0.29) is 17.5 Å². The summed E-state index contributed by atoms with van der Waals surface area (Å²) < 4.78 is 19.8. The maximum atomic E-state index is 14.7. The van der Waals surface area contributed by atoms with Crippen LogP contribution in [0.5, 0.6) is 5.75 Å². The summed E-state index contributed by atoms with van der Waals surface area (Å²) >= 11 is 0. The van der Waals surface area contributed by atoms with Crippen LogP contribution in [0.2, 0.25) is 0 Å². The molecule has 0 spiro atoms. The molecular weight excluding hydrogens is 295 g/mol. The van der Waals surface area contributed by atoms with Crippen LogP contribution < -0.4 is 15.8 Å². The van der Waals surface area contributed by atoms with E-state index in [4.69, 9.17) is 10.5 Å². The number of nitrogen functional groups attached to an aromatic ring is 1. The van der Waals surface area contributed by atoms with Gasteiger partial charge in [0, 0.05) is 11.3 Å². The van der Waals surface area contributed by atoms with Crippen LogP contribution >= 0.6 is 0 Å². The highest BCUT2D eigenvalue weighted by atomic mass is 19.1. The number of nitrogens with two attached hydrogens (primary N) is 1. The smallest absolute Gasteiger partial charge is 0.222 e. The summed E-state index contributed by atoms with van der Waals surface area (Å²) in [5.74, 6) is 0.187. The largest absolute Gasteiger partial charge is 0.497 e. The van der Waals surface area contributed by atoms with Crippen LogP contribution in [0, 0.1) is 5.82 Å². The molecular formula is C17H15FN4O. The Morgan fingerprint density at radius 3 is 2.35 bits per heavy atom. The number of hydrogen-bond acceptors (Lipinski definition) is 5. The fourth-order valence-corrected chi connectivity index (χ4v) is 2.15. The fourth-order valence-electron chi connectivity index (χ4n) is 2.15. The number of nitrogens with one attached hydrogen (secondary N) is 1. The van der Waals surface area contributed by atoms with E-state index >= 15 is 0 Å². The predicted molar refractivity (Wildman–Crippen MR) is 88.1 cm³/mol. The lowest BCUT2D eigenvalue weighted by Crippen LogP contribution is -2.05. The molecule has 0 saturated carbocycles. The third kappa shape index (κ3) is 3.21. The molecule has 0 radical (unpaired) electrons. The van der Waals surface area contributed by atoms with Gasteiger partial charge >= 0.3 is 0 Å². The molecule has 0 atom stereocenters. The number of halogens is 1. The summed E-state index contributed by atoms with van der Waals surface area (Å²) in [6, 6.07) is 16.1. The number of methoxy groups -OCH3 is 1. The number of ether oxygens (including phenoxy) is 1. The van der Waals surface area contributed by atoms with Gasteiger partial charge in [-0.15, -0.1) is 0 Å². The monoisotopic (exact) mass is 310 g/mol. The van der Waals surface area contributed by atoms with Gasteiger partial charge in [-0.05, 0) is 24.3 Å². The zero-order valence-corrected chi connectivity index (χ0v) is 12.5. The topological polar surface area (TPSA) is 73.1 Å². The number of nitrogens with zero attached hydrogens (tertiary/aromatic N) is 2. The first kappa shape index (κ1) is 14.8. The Hall–Kier alpha value is -3.15. The van der Waals surface area contributed by atoms with E-state index < -0.39 is 5.82 Å². The Balaban J connectivity index is 1.97. The van der Waals surface area contributed by atoms with Crippen LogP contribution in [0.1, 0.15) is 0 Å². The van der Waals surface area contributed by atoms with E-state index in [0.29, 0.717) is 17.0 Å². The van der Waals surface area contributed by atoms with Gasteiger partial charge < -0.3 is 15.8 Å². The van der Waals surface area contributed by atoms with Gasteiger partial charge in [-0.3, -0.25) is 0 Å². The zero-order chi connectivity index (χ0) is 16.2. The third-order valence-electron chi connectivity index (χ3n) is 3.27. The molecule has 0 aliphatic rings. The summed E-state index contributed by atoms with van der Waals surface area (Å²) in [5.41, 5.74) is 7.18. The average molecular weight is 310 g/mol. The molecule has 5 nitrogen and oxygen atoms in total. The van der Waals surface area contributed by atoms with E-state index in [2.05, 4.69) is 15.3 Å². The number of anilines is 3. The van der Waals surface area contributed by atoms with Gasteiger partial charge in [0.1, 0.15) is 11.4 Å². The molecule has 0 aliphatic heterocycles. The lowest BCUT2D eigenvalue weighted by molar-refractivity contribution is 0.415. The predicted octanol–water partition coefficient (Wildman–Crippen LogP) is 3.62. The highest BCUT2D eigenvalue weighted by molar-refractivity contribution is 5.68. The Morgan fingerprint density at radius 1 is 1.00 bits per heavy atom. The standard InChI is InChI=1S/C17H15FN4O/c1-23-13-9-7-12(8-10-13)20-16-14(18)15(21-17(19)22-16)11-5-3-2-4-6-11/h2-10H,1H3,(H3,19,20,21,22). The maximum absolute atomic E-state index is 14.7. The first-order valence-corrected chi connectivity index (χ1v) is 6.97. The van der Waals surface area contributed by atoms with Crippen molar-refractivity contribution in [3.05, 3.63) is 60.4 Å². The summed E-state index contributed by atoms with van der Waals surface area (Å²) in [4.78, 5) is 7.95. The second-order valence-corrected chi connectivity index (χ2v) is 4.81. The molecule has 0 saturated heterocycles. The average Bonchev–Trinajstić information content (AvgIpc) is 2.59. The third-order valence-corrected chi connectivity index (χ3v) is 3.27. The van der Waals surface area contributed by atoms with Crippen molar-refractivity contribution in [2.45, 2.75) is 0 Å². The number of aromatic nitrogens is 2. The Kier molecular flexibility index (Phi) is 4.05. The summed E-state index contributed by atoms with van der Waals surface area (Å²) in [6.45, 7) is 0. The van der Waals surface area contributed by atoms with Crippen LogP contribution in [0.3, 0.4) is 0 Å². The van der Waals surface area contributed by atoms with Gasteiger partial charge in [-0.25, -0.2) is 9.37 Å². The lowest BCUT2D eigenvalue weighted by atomic mass is 10.1.